The Bertz CT molecular complexity index is 136. The summed E-state index contributed by atoms with van der Waals surface area (Å²) in [6, 6.07) is 0. The summed E-state index contributed by atoms with van der Waals surface area (Å²) in [7, 11) is 0. The largest absolute Gasteiger partial charge is 0.392 e. The maximum atomic E-state index is 5.41. The molecule has 1 atom stereocenters. The summed E-state index contributed by atoms with van der Waals surface area (Å²) in [4.78, 5) is 2.93. The van der Waals surface area contributed by atoms with Crippen molar-refractivity contribution in [2.24, 2.45) is 11.7 Å². The van der Waals surface area contributed by atoms with Gasteiger partial charge in [0.2, 0.25) is 0 Å². The van der Waals surface area contributed by atoms with Crippen molar-refractivity contribution in [3.63, 3.8) is 0 Å². The molecule has 0 aromatic heterocycles. The van der Waals surface area contributed by atoms with Crippen LogP contribution in [-0.4, -0.2) is 29.5 Å². The summed E-state index contributed by atoms with van der Waals surface area (Å²) in [5, 5.41) is 0. The number of thiocarbonyl (C=S) groups is 1. The van der Waals surface area contributed by atoms with E-state index in [1.54, 1.807) is 0 Å². The fourth-order valence-electron chi connectivity index (χ4n) is 1.39. The predicted molar refractivity (Wildman–Crippen MR) is 47.0 cm³/mol. The van der Waals surface area contributed by atoms with E-state index in [-0.39, 0.29) is 0 Å². The van der Waals surface area contributed by atoms with E-state index in [0.717, 1.165) is 19.0 Å². The van der Waals surface area contributed by atoms with E-state index < -0.39 is 0 Å². The molecule has 0 spiro atoms. The fraction of sp³-hybridized carbons (Fsp3) is 0.857. The van der Waals surface area contributed by atoms with Gasteiger partial charge in [-0.1, -0.05) is 19.1 Å². The highest BCUT2D eigenvalue weighted by molar-refractivity contribution is 7.80. The van der Waals surface area contributed by atoms with Crippen molar-refractivity contribution in [1.29, 1.82) is 0 Å². The summed E-state index contributed by atoms with van der Waals surface area (Å²) in [5.41, 5.74) is 5.41. The molecule has 1 aliphatic heterocycles. The van der Waals surface area contributed by atoms with Crippen LogP contribution in [-0.2, 0) is 0 Å². The number of hydrogen-bond acceptors (Lipinski definition) is 2. The molecule has 2 nitrogen and oxygen atoms in total. The second-order valence-corrected chi connectivity index (χ2v) is 3.62. The number of nitrogens with two attached hydrogens (primary N) is 1. The molecule has 2 N–H and O–H groups in total. The van der Waals surface area contributed by atoms with Gasteiger partial charge < -0.3 is 5.73 Å². The van der Waals surface area contributed by atoms with E-state index in [4.69, 9.17) is 18.0 Å². The third kappa shape index (κ3) is 2.23. The minimum absolute atomic E-state index is 0.620. The molecular formula is C7H14N2S. The van der Waals surface area contributed by atoms with Crippen LogP contribution in [0.1, 0.15) is 13.3 Å². The van der Waals surface area contributed by atoms with Crippen molar-refractivity contribution >= 4 is 17.2 Å². The summed E-state index contributed by atoms with van der Waals surface area (Å²) >= 11 is 4.81. The number of rotatable bonds is 2. The van der Waals surface area contributed by atoms with Gasteiger partial charge in [0.1, 0.15) is 0 Å². The van der Waals surface area contributed by atoms with Gasteiger partial charge in [-0.15, -0.1) is 0 Å². The van der Waals surface area contributed by atoms with Gasteiger partial charge in [0.05, 0.1) is 4.99 Å². The molecule has 0 aliphatic carbocycles. The normalized spacial score (nSPS) is 27.1. The molecule has 0 amide bonds. The van der Waals surface area contributed by atoms with Crippen LogP contribution in [0.3, 0.4) is 0 Å². The standard InChI is InChI=1S/C7H14N2S/c1-6-2-3-9(4-6)5-7(8)10/h6H,2-5H2,1H3,(H2,8,10). The van der Waals surface area contributed by atoms with E-state index in [9.17, 15) is 0 Å². The molecule has 58 valence electrons. The molecule has 10 heavy (non-hydrogen) atoms. The van der Waals surface area contributed by atoms with E-state index >= 15 is 0 Å². The third-order valence-electron chi connectivity index (χ3n) is 1.89. The Morgan fingerprint density at radius 1 is 1.80 bits per heavy atom. The second-order valence-electron chi connectivity index (χ2n) is 3.10. The zero-order valence-corrected chi connectivity index (χ0v) is 7.16. The zero-order valence-electron chi connectivity index (χ0n) is 6.34. The van der Waals surface area contributed by atoms with Crippen molar-refractivity contribution in [3.05, 3.63) is 0 Å². The molecule has 0 saturated carbocycles. The van der Waals surface area contributed by atoms with Crippen LogP contribution < -0.4 is 5.73 Å². The third-order valence-corrected chi connectivity index (χ3v) is 2.02. The molecule has 1 aliphatic rings. The molecule has 1 rings (SSSR count). The molecule has 1 unspecified atom stereocenters. The summed E-state index contributed by atoms with van der Waals surface area (Å²) < 4.78 is 0. The second kappa shape index (κ2) is 3.30. The predicted octanol–water partition coefficient (Wildman–Crippen LogP) is 0.614. The minimum atomic E-state index is 0.620. The Morgan fingerprint density at radius 2 is 2.50 bits per heavy atom. The fourth-order valence-corrected chi connectivity index (χ4v) is 1.57. The van der Waals surface area contributed by atoms with E-state index in [0.29, 0.717) is 4.99 Å². The van der Waals surface area contributed by atoms with Crippen molar-refractivity contribution in [1.82, 2.24) is 4.90 Å². The van der Waals surface area contributed by atoms with Crippen LogP contribution in [0.4, 0.5) is 0 Å². The molecular weight excluding hydrogens is 144 g/mol. The number of likely N-dealkylation sites (tertiary alicyclic amines) is 1. The first kappa shape index (κ1) is 7.95. The van der Waals surface area contributed by atoms with Crippen molar-refractivity contribution in [3.8, 4) is 0 Å². The van der Waals surface area contributed by atoms with Crippen molar-refractivity contribution in [2.75, 3.05) is 19.6 Å². The van der Waals surface area contributed by atoms with Crippen molar-refractivity contribution in [2.45, 2.75) is 13.3 Å². The molecule has 0 aromatic carbocycles. The lowest BCUT2D eigenvalue weighted by Crippen LogP contribution is -2.30. The lowest BCUT2D eigenvalue weighted by atomic mass is 10.2. The van der Waals surface area contributed by atoms with Crippen LogP contribution in [0.2, 0.25) is 0 Å². The first-order valence-electron chi connectivity index (χ1n) is 3.69. The highest BCUT2D eigenvalue weighted by Crippen LogP contribution is 2.13. The Morgan fingerprint density at radius 3 is 2.90 bits per heavy atom. The Balaban J connectivity index is 2.24. The molecule has 0 radical (unpaired) electrons. The topological polar surface area (TPSA) is 29.3 Å². The number of nitrogens with zero attached hydrogens (tertiary/aromatic N) is 1. The Kier molecular flexibility index (Phi) is 2.63. The van der Waals surface area contributed by atoms with Crippen LogP contribution in [0, 0.1) is 5.92 Å². The highest BCUT2D eigenvalue weighted by atomic mass is 32.1. The Labute approximate surface area is 67.4 Å². The smallest absolute Gasteiger partial charge is 0.0870 e. The van der Waals surface area contributed by atoms with Gasteiger partial charge in [0.25, 0.3) is 0 Å². The van der Waals surface area contributed by atoms with E-state index in [1.165, 1.54) is 13.0 Å². The average Bonchev–Trinajstić information content (AvgIpc) is 2.13. The molecule has 1 fully saturated rings. The molecule has 1 heterocycles. The maximum absolute atomic E-state index is 5.41. The van der Waals surface area contributed by atoms with Crippen LogP contribution in [0.5, 0.6) is 0 Å². The summed E-state index contributed by atoms with van der Waals surface area (Å²) in [5.74, 6) is 0.828. The molecule has 0 aromatic rings. The lowest BCUT2D eigenvalue weighted by Gasteiger charge is -2.12. The first-order valence-corrected chi connectivity index (χ1v) is 4.10. The Hall–Kier alpha value is -0.150. The van der Waals surface area contributed by atoms with E-state index in [2.05, 4.69) is 11.8 Å². The van der Waals surface area contributed by atoms with Crippen molar-refractivity contribution < 1.29 is 0 Å². The van der Waals surface area contributed by atoms with Gasteiger partial charge >= 0.3 is 0 Å². The van der Waals surface area contributed by atoms with Crippen LogP contribution in [0.25, 0.3) is 0 Å². The lowest BCUT2D eigenvalue weighted by molar-refractivity contribution is 0.375. The minimum Gasteiger partial charge on any atom is -0.392 e. The first-order chi connectivity index (χ1) is 4.68. The molecule has 3 heteroatoms. The van der Waals surface area contributed by atoms with Gasteiger partial charge in [-0.3, -0.25) is 4.90 Å². The van der Waals surface area contributed by atoms with Gasteiger partial charge in [0, 0.05) is 13.1 Å². The van der Waals surface area contributed by atoms with Gasteiger partial charge in [0.15, 0.2) is 0 Å². The van der Waals surface area contributed by atoms with E-state index in [1.807, 2.05) is 0 Å². The van der Waals surface area contributed by atoms with Gasteiger partial charge in [-0.05, 0) is 18.9 Å². The quantitative estimate of drug-likeness (QED) is 0.597. The van der Waals surface area contributed by atoms with Crippen LogP contribution >= 0.6 is 12.2 Å². The monoisotopic (exact) mass is 158 g/mol. The number of hydrogen-bond donors (Lipinski definition) is 1. The maximum Gasteiger partial charge on any atom is 0.0870 e. The highest BCUT2D eigenvalue weighted by Gasteiger charge is 2.18. The molecule has 1 saturated heterocycles. The molecule has 0 bridgehead atoms. The van der Waals surface area contributed by atoms with Gasteiger partial charge in [-0.2, -0.15) is 0 Å². The summed E-state index contributed by atoms with van der Waals surface area (Å²) in [6.07, 6.45) is 1.29. The van der Waals surface area contributed by atoms with Crippen LogP contribution in [0.15, 0.2) is 0 Å². The average molecular weight is 158 g/mol. The SMILES string of the molecule is CC1CCN(CC(N)=S)C1. The zero-order chi connectivity index (χ0) is 7.56. The van der Waals surface area contributed by atoms with Gasteiger partial charge in [-0.25, -0.2) is 0 Å². The summed E-state index contributed by atoms with van der Waals surface area (Å²) in [6.45, 7) is 5.40.